The maximum Gasteiger partial charge on any atom is 0.232 e. The van der Waals surface area contributed by atoms with Crippen LogP contribution in [0, 0.1) is 11.3 Å². The number of carbonyl (C=O) groups is 1. The largest absolute Gasteiger partial charge is 0.468 e. The van der Waals surface area contributed by atoms with Crippen LogP contribution in [-0.2, 0) is 12.8 Å². The molecule has 5 heteroatoms. The van der Waals surface area contributed by atoms with Crippen molar-refractivity contribution in [1.82, 2.24) is 4.98 Å². The highest BCUT2D eigenvalue weighted by atomic mass is 35.5. The Morgan fingerprint density at radius 3 is 2.74 bits per heavy atom. The standard InChI is InChI=1S/C18H15ClN2O2/c19-15-7-5-12(6-8-15)17(22)11-23-18-14(10-20)9-13-3-1-2-4-16(13)21-18/h5-9H,1-4,11H2. The molecule has 0 bridgehead atoms. The van der Waals surface area contributed by atoms with Gasteiger partial charge in [-0.15, -0.1) is 0 Å². The number of rotatable bonds is 4. The Labute approximate surface area is 139 Å². The van der Waals surface area contributed by atoms with Gasteiger partial charge in [0.15, 0.2) is 12.4 Å². The summed E-state index contributed by atoms with van der Waals surface area (Å²) in [7, 11) is 0. The number of ketones is 1. The van der Waals surface area contributed by atoms with E-state index in [0.29, 0.717) is 16.1 Å². The third kappa shape index (κ3) is 3.52. The summed E-state index contributed by atoms with van der Waals surface area (Å²) in [4.78, 5) is 16.6. The van der Waals surface area contributed by atoms with Crippen molar-refractivity contribution in [2.24, 2.45) is 0 Å². The van der Waals surface area contributed by atoms with E-state index in [4.69, 9.17) is 16.3 Å². The molecule has 3 rings (SSSR count). The molecule has 0 amide bonds. The van der Waals surface area contributed by atoms with E-state index in [2.05, 4.69) is 11.1 Å². The molecule has 0 unspecified atom stereocenters. The summed E-state index contributed by atoms with van der Waals surface area (Å²) in [6.07, 6.45) is 4.05. The van der Waals surface area contributed by atoms with Gasteiger partial charge in [0.1, 0.15) is 11.6 Å². The van der Waals surface area contributed by atoms with E-state index in [9.17, 15) is 10.1 Å². The molecular formula is C18H15ClN2O2. The van der Waals surface area contributed by atoms with Gasteiger partial charge in [0, 0.05) is 16.3 Å². The number of carbonyl (C=O) groups excluding carboxylic acids is 1. The molecule has 0 radical (unpaired) electrons. The zero-order valence-corrected chi connectivity index (χ0v) is 13.3. The van der Waals surface area contributed by atoms with E-state index >= 15 is 0 Å². The maximum atomic E-state index is 12.1. The van der Waals surface area contributed by atoms with Crippen molar-refractivity contribution >= 4 is 17.4 Å². The van der Waals surface area contributed by atoms with Crippen LogP contribution in [0.5, 0.6) is 5.88 Å². The van der Waals surface area contributed by atoms with Gasteiger partial charge >= 0.3 is 0 Å². The number of halogens is 1. The van der Waals surface area contributed by atoms with Crippen molar-refractivity contribution in [3.05, 3.63) is 57.7 Å². The Morgan fingerprint density at radius 1 is 1.26 bits per heavy atom. The predicted molar refractivity (Wildman–Crippen MR) is 86.9 cm³/mol. The second kappa shape index (κ2) is 6.80. The first kappa shape index (κ1) is 15.5. The van der Waals surface area contributed by atoms with Gasteiger partial charge in [0.25, 0.3) is 0 Å². The predicted octanol–water partition coefficient (Wildman–Crippen LogP) is 3.75. The second-order valence-corrected chi connectivity index (χ2v) is 5.92. The van der Waals surface area contributed by atoms with E-state index in [1.54, 1.807) is 24.3 Å². The molecule has 1 aromatic heterocycles. The first-order valence-electron chi connectivity index (χ1n) is 7.52. The molecule has 0 N–H and O–H groups in total. The quantitative estimate of drug-likeness (QED) is 0.803. The van der Waals surface area contributed by atoms with E-state index in [0.717, 1.165) is 36.9 Å². The molecule has 0 aliphatic heterocycles. The van der Waals surface area contributed by atoms with Crippen LogP contribution in [-0.4, -0.2) is 17.4 Å². The molecular weight excluding hydrogens is 312 g/mol. The SMILES string of the molecule is N#Cc1cc2c(nc1OCC(=O)c1ccc(Cl)cc1)CCCC2. The van der Waals surface area contributed by atoms with Gasteiger partial charge in [-0.05, 0) is 61.6 Å². The fourth-order valence-corrected chi connectivity index (χ4v) is 2.78. The zero-order chi connectivity index (χ0) is 16.2. The van der Waals surface area contributed by atoms with Crippen molar-refractivity contribution in [3.63, 3.8) is 0 Å². The Hall–Kier alpha value is -2.38. The van der Waals surface area contributed by atoms with E-state index in [1.165, 1.54) is 0 Å². The molecule has 0 fully saturated rings. The minimum Gasteiger partial charge on any atom is -0.468 e. The average Bonchev–Trinajstić information content (AvgIpc) is 2.59. The number of pyridine rings is 1. The average molecular weight is 327 g/mol. The summed E-state index contributed by atoms with van der Waals surface area (Å²) >= 11 is 5.81. The highest BCUT2D eigenvalue weighted by molar-refractivity contribution is 6.30. The Morgan fingerprint density at radius 2 is 2.00 bits per heavy atom. The molecule has 0 saturated heterocycles. The number of hydrogen-bond acceptors (Lipinski definition) is 4. The van der Waals surface area contributed by atoms with Gasteiger partial charge in [-0.1, -0.05) is 11.6 Å². The number of aryl methyl sites for hydroxylation is 2. The van der Waals surface area contributed by atoms with Gasteiger partial charge in [-0.25, -0.2) is 4.98 Å². The summed E-state index contributed by atoms with van der Waals surface area (Å²) in [5.74, 6) is 0.0699. The van der Waals surface area contributed by atoms with Gasteiger partial charge in [-0.3, -0.25) is 4.79 Å². The highest BCUT2D eigenvalue weighted by Crippen LogP contribution is 2.25. The number of benzene rings is 1. The molecule has 1 heterocycles. The van der Waals surface area contributed by atoms with Crippen LogP contribution in [0.1, 0.15) is 40.0 Å². The van der Waals surface area contributed by atoms with Crippen molar-refractivity contribution in [3.8, 4) is 11.9 Å². The molecule has 1 aromatic carbocycles. The highest BCUT2D eigenvalue weighted by Gasteiger charge is 2.17. The van der Waals surface area contributed by atoms with Gasteiger partial charge in [0.2, 0.25) is 5.88 Å². The summed E-state index contributed by atoms with van der Waals surface area (Å²) in [6, 6.07) is 10.6. The minimum absolute atomic E-state index is 0.151. The van der Waals surface area contributed by atoms with Crippen LogP contribution in [0.2, 0.25) is 5.02 Å². The fourth-order valence-electron chi connectivity index (χ4n) is 2.66. The number of fused-ring (bicyclic) bond motifs is 1. The van der Waals surface area contributed by atoms with Crippen LogP contribution < -0.4 is 4.74 Å². The lowest BCUT2D eigenvalue weighted by Crippen LogP contribution is -2.14. The Balaban J connectivity index is 1.76. The third-order valence-corrected chi connectivity index (χ3v) is 4.14. The summed E-state index contributed by atoms with van der Waals surface area (Å²) in [5, 5.41) is 9.84. The van der Waals surface area contributed by atoms with Crippen molar-refractivity contribution in [2.45, 2.75) is 25.7 Å². The number of nitriles is 1. The van der Waals surface area contributed by atoms with Crippen molar-refractivity contribution in [1.29, 1.82) is 5.26 Å². The monoisotopic (exact) mass is 326 g/mol. The van der Waals surface area contributed by atoms with Gasteiger partial charge in [-0.2, -0.15) is 5.26 Å². The topological polar surface area (TPSA) is 63.0 Å². The first-order valence-corrected chi connectivity index (χ1v) is 7.89. The second-order valence-electron chi connectivity index (χ2n) is 5.48. The van der Waals surface area contributed by atoms with Gasteiger partial charge in [0.05, 0.1) is 0 Å². The Kier molecular flexibility index (Phi) is 4.59. The van der Waals surface area contributed by atoms with Crippen molar-refractivity contribution in [2.75, 3.05) is 6.61 Å². The molecule has 23 heavy (non-hydrogen) atoms. The van der Waals surface area contributed by atoms with Crippen LogP contribution in [0.4, 0.5) is 0 Å². The molecule has 2 aromatic rings. The summed E-state index contributed by atoms with van der Waals surface area (Å²) in [6.45, 7) is -0.151. The van der Waals surface area contributed by atoms with E-state index in [1.807, 2.05) is 6.07 Å². The van der Waals surface area contributed by atoms with Crippen LogP contribution in [0.3, 0.4) is 0 Å². The van der Waals surface area contributed by atoms with Crippen LogP contribution >= 0.6 is 11.6 Å². The molecule has 0 atom stereocenters. The number of aromatic nitrogens is 1. The first-order chi connectivity index (χ1) is 11.2. The number of Topliss-reactive ketones (excluding diaryl/α,β-unsaturated/α-hetero) is 1. The molecule has 116 valence electrons. The summed E-state index contributed by atoms with van der Waals surface area (Å²) in [5.41, 5.74) is 2.99. The Bertz CT molecular complexity index is 779. The van der Waals surface area contributed by atoms with Crippen LogP contribution in [0.25, 0.3) is 0 Å². The van der Waals surface area contributed by atoms with Gasteiger partial charge < -0.3 is 4.74 Å². The number of ether oxygens (including phenoxy) is 1. The molecule has 4 nitrogen and oxygen atoms in total. The molecule has 1 aliphatic carbocycles. The number of nitrogens with zero attached hydrogens (tertiary/aromatic N) is 2. The van der Waals surface area contributed by atoms with E-state index in [-0.39, 0.29) is 18.3 Å². The zero-order valence-electron chi connectivity index (χ0n) is 12.5. The smallest absolute Gasteiger partial charge is 0.232 e. The van der Waals surface area contributed by atoms with E-state index < -0.39 is 0 Å². The third-order valence-electron chi connectivity index (χ3n) is 3.89. The normalized spacial score (nSPS) is 13.0. The summed E-state index contributed by atoms with van der Waals surface area (Å²) < 4.78 is 5.52. The lowest BCUT2D eigenvalue weighted by atomic mass is 9.95. The fraction of sp³-hybridized carbons (Fsp3) is 0.278. The molecule has 0 saturated carbocycles. The molecule has 1 aliphatic rings. The molecule has 0 spiro atoms. The van der Waals surface area contributed by atoms with Crippen LogP contribution in [0.15, 0.2) is 30.3 Å². The number of hydrogen-bond donors (Lipinski definition) is 0. The lowest BCUT2D eigenvalue weighted by Gasteiger charge is -2.16. The maximum absolute atomic E-state index is 12.1. The van der Waals surface area contributed by atoms with Crippen molar-refractivity contribution < 1.29 is 9.53 Å². The minimum atomic E-state index is -0.176. The lowest BCUT2D eigenvalue weighted by molar-refractivity contribution is 0.0917.